The maximum Gasteiger partial charge on any atom is 0.416 e. The van der Waals surface area contributed by atoms with Gasteiger partial charge in [0.05, 0.1) is 18.1 Å². The van der Waals surface area contributed by atoms with Crippen molar-refractivity contribution in [3.63, 3.8) is 0 Å². The van der Waals surface area contributed by atoms with Crippen molar-refractivity contribution in [2.75, 3.05) is 18.1 Å². The van der Waals surface area contributed by atoms with Gasteiger partial charge in [-0.2, -0.15) is 18.4 Å². The molecule has 1 heterocycles. The Kier molecular flexibility index (Phi) is 6.95. The molecule has 1 aromatic heterocycles. The first-order valence-electron chi connectivity index (χ1n) is 9.46. The Morgan fingerprint density at radius 3 is 2.47 bits per heavy atom. The van der Waals surface area contributed by atoms with E-state index in [4.69, 9.17) is 14.4 Å². The summed E-state index contributed by atoms with van der Waals surface area (Å²) < 4.78 is 49.0. The smallest absolute Gasteiger partial charge is 0.416 e. The summed E-state index contributed by atoms with van der Waals surface area (Å²) in [6, 6.07) is 17.6. The van der Waals surface area contributed by atoms with Crippen LogP contribution in [0.25, 0.3) is 11.3 Å². The molecule has 0 aliphatic rings. The Bertz CT molecular complexity index is 1130. The van der Waals surface area contributed by atoms with Crippen LogP contribution in [0.3, 0.4) is 0 Å². The molecule has 3 rings (SSSR count). The van der Waals surface area contributed by atoms with Crippen LogP contribution in [0, 0.1) is 11.3 Å². The molecule has 0 aliphatic heterocycles. The van der Waals surface area contributed by atoms with Gasteiger partial charge in [-0.25, -0.2) is 4.79 Å². The summed E-state index contributed by atoms with van der Waals surface area (Å²) in [5, 5.41) is 8.82. The third-order valence-corrected chi connectivity index (χ3v) is 4.42. The summed E-state index contributed by atoms with van der Waals surface area (Å²) in [5.74, 6) is -1.68. The highest BCUT2D eigenvalue weighted by Crippen LogP contribution is 2.32. The zero-order valence-corrected chi connectivity index (χ0v) is 16.6. The quantitative estimate of drug-likeness (QED) is 0.477. The van der Waals surface area contributed by atoms with Crippen molar-refractivity contribution < 1.29 is 31.9 Å². The first kappa shape index (κ1) is 22.6. The number of nitrogens with zero attached hydrogens (tertiary/aromatic N) is 2. The fourth-order valence-corrected chi connectivity index (χ4v) is 2.90. The predicted octanol–water partition coefficient (Wildman–Crippen LogP) is 5.07. The van der Waals surface area contributed by atoms with E-state index in [0.29, 0.717) is 5.69 Å². The summed E-state index contributed by atoms with van der Waals surface area (Å²) in [6.07, 6.45) is -4.42. The molecule has 2 aromatic carbocycles. The predicted molar refractivity (Wildman–Crippen MR) is 108 cm³/mol. The normalized spacial score (nSPS) is 10.9. The fraction of sp³-hybridized carbons (Fsp3) is 0.174. The average molecular weight is 442 g/mol. The molecule has 32 heavy (non-hydrogen) atoms. The van der Waals surface area contributed by atoms with Gasteiger partial charge in [-0.15, -0.1) is 0 Å². The van der Waals surface area contributed by atoms with Crippen LogP contribution in [0.15, 0.2) is 71.1 Å². The lowest BCUT2D eigenvalue weighted by Crippen LogP contribution is -2.35. The van der Waals surface area contributed by atoms with Crippen molar-refractivity contribution in [2.24, 2.45) is 0 Å². The Balaban J connectivity index is 1.67. The molecule has 0 aliphatic carbocycles. The highest BCUT2D eigenvalue weighted by Gasteiger charge is 2.30. The molecule has 0 radical (unpaired) electrons. The molecular formula is C23H17F3N2O4. The highest BCUT2D eigenvalue weighted by atomic mass is 19.4. The molecule has 0 saturated heterocycles. The van der Waals surface area contributed by atoms with Crippen molar-refractivity contribution in [2.45, 2.75) is 12.6 Å². The Labute approximate surface area is 181 Å². The van der Waals surface area contributed by atoms with Gasteiger partial charge < -0.3 is 14.1 Å². The van der Waals surface area contributed by atoms with Crippen molar-refractivity contribution in [1.82, 2.24) is 0 Å². The van der Waals surface area contributed by atoms with E-state index in [-0.39, 0.29) is 30.0 Å². The third kappa shape index (κ3) is 5.55. The number of rotatable bonds is 7. The number of para-hydroxylation sites is 1. The van der Waals surface area contributed by atoms with Crippen molar-refractivity contribution in [3.05, 3.63) is 78.1 Å². The van der Waals surface area contributed by atoms with Gasteiger partial charge in [-0.1, -0.05) is 30.3 Å². The van der Waals surface area contributed by atoms with Gasteiger partial charge in [0.2, 0.25) is 5.76 Å². The molecule has 0 spiro atoms. The second kappa shape index (κ2) is 9.83. The van der Waals surface area contributed by atoms with Crippen LogP contribution in [-0.4, -0.2) is 25.0 Å². The van der Waals surface area contributed by atoms with Gasteiger partial charge in [-0.05, 0) is 36.4 Å². The number of halogens is 3. The van der Waals surface area contributed by atoms with Gasteiger partial charge in [0.1, 0.15) is 5.76 Å². The third-order valence-electron chi connectivity index (χ3n) is 4.42. The zero-order valence-electron chi connectivity index (χ0n) is 16.6. The van der Waals surface area contributed by atoms with Gasteiger partial charge in [0.25, 0.3) is 5.91 Å². The molecule has 164 valence electrons. The van der Waals surface area contributed by atoms with Crippen LogP contribution < -0.4 is 4.90 Å². The van der Waals surface area contributed by atoms with E-state index in [2.05, 4.69) is 0 Å². The number of anilines is 1. The molecular weight excluding hydrogens is 425 g/mol. The van der Waals surface area contributed by atoms with Crippen LogP contribution in [0.2, 0.25) is 0 Å². The van der Waals surface area contributed by atoms with E-state index in [1.807, 2.05) is 6.07 Å². The zero-order chi connectivity index (χ0) is 23.1. The summed E-state index contributed by atoms with van der Waals surface area (Å²) in [5.41, 5.74) is -0.158. The van der Waals surface area contributed by atoms with Gasteiger partial charge in [-0.3, -0.25) is 4.79 Å². The van der Waals surface area contributed by atoms with E-state index in [1.165, 1.54) is 29.2 Å². The lowest BCUT2D eigenvalue weighted by Gasteiger charge is -2.21. The largest absolute Gasteiger partial charge is 0.450 e. The first-order valence-corrected chi connectivity index (χ1v) is 9.46. The highest BCUT2D eigenvalue weighted by molar-refractivity contribution is 5.96. The van der Waals surface area contributed by atoms with E-state index in [9.17, 15) is 22.8 Å². The summed E-state index contributed by atoms with van der Waals surface area (Å²) >= 11 is 0. The number of benzene rings is 2. The molecule has 0 saturated carbocycles. The molecule has 0 fully saturated rings. The number of alkyl halides is 3. The van der Waals surface area contributed by atoms with Gasteiger partial charge in [0, 0.05) is 17.8 Å². The molecule has 1 amide bonds. The van der Waals surface area contributed by atoms with E-state index in [0.717, 1.165) is 12.1 Å². The number of furan rings is 1. The van der Waals surface area contributed by atoms with Crippen molar-refractivity contribution in [1.29, 1.82) is 5.26 Å². The van der Waals surface area contributed by atoms with Gasteiger partial charge in [0.15, 0.2) is 6.61 Å². The molecule has 0 N–H and O–H groups in total. The van der Waals surface area contributed by atoms with Crippen LogP contribution in [0.4, 0.5) is 18.9 Å². The number of carbonyl (C=O) groups is 2. The van der Waals surface area contributed by atoms with Crippen molar-refractivity contribution >= 4 is 17.6 Å². The van der Waals surface area contributed by atoms with E-state index >= 15 is 0 Å². The second-order valence-corrected chi connectivity index (χ2v) is 6.61. The lowest BCUT2D eigenvalue weighted by atomic mass is 10.1. The number of carbonyl (C=O) groups excluding carboxylic acids is 2. The number of hydrogen-bond donors (Lipinski definition) is 0. The topological polar surface area (TPSA) is 83.5 Å². The van der Waals surface area contributed by atoms with Crippen LogP contribution in [0.5, 0.6) is 0 Å². The molecule has 9 heteroatoms. The first-order chi connectivity index (χ1) is 15.3. The number of hydrogen-bond acceptors (Lipinski definition) is 5. The fourth-order valence-electron chi connectivity index (χ4n) is 2.90. The van der Waals surface area contributed by atoms with E-state index in [1.54, 1.807) is 30.3 Å². The lowest BCUT2D eigenvalue weighted by molar-refractivity contribution is -0.137. The monoisotopic (exact) mass is 442 g/mol. The summed E-state index contributed by atoms with van der Waals surface area (Å²) in [4.78, 5) is 26.1. The van der Waals surface area contributed by atoms with Gasteiger partial charge >= 0.3 is 12.1 Å². The molecule has 3 aromatic rings. The Morgan fingerprint density at radius 2 is 1.78 bits per heavy atom. The Hall–Kier alpha value is -4.06. The van der Waals surface area contributed by atoms with Crippen LogP contribution in [0.1, 0.15) is 22.5 Å². The second-order valence-electron chi connectivity index (χ2n) is 6.61. The van der Waals surface area contributed by atoms with Crippen LogP contribution >= 0.6 is 0 Å². The SMILES string of the molecule is N#CCCN(C(=O)COC(=O)c1ccc(-c2cccc(C(F)(F)F)c2)o1)c1ccccc1. The summed E-state index contributed by atoms with van der Waals surface area (Å²) in [6.45, 7) is -0.476. The standard InChI is InChI=1S/C23H17F3N2O4/c24-23(25,26)17-7-4-6-16(14-17)19-10-11-20(32-19)22(30)31-15-21(29)28(13-5-12-27)18-8-2-1-3-9-18/h1-4,6-11,14H,5,13,15H2. The maximum absolute atomic E-state index is 12.9. The van der Waals surface area contributed by atoms with Crippen molar-refractivity contribution in [3.8, 4) is 17.4 Å². The minimum absolute atomic E-state index is 0.0503. The average Bonchev–Trinajstić information content (AvgIpc) is 3.28. The molecule has 0 atom stereocenters. The van der Waals surface area contributed by atoms with E-state index < -0.39 is 30.2 Å². The minimum Gasteiger partial charge on any atom is -0.450 e. The number of ether oxygens (including phenoxy) is 1. The Morgan fingerprint density at radius 1 is 1.03 bits per heavy atom. The molecule has 0 unspecified atom stereocenters. The number of amides is 1. The van der Waals surface area contributed by atoms with Crippen LogP contribution in [-0.2, 0) is 15.7 Å². The summed E-state index contributed by atoms with van der Waals surface area (Å²) in [7, 11) is 0. The number of nitriles is 1. The molecule has 6 nitrogen and oxygen atoms in total. The minimum atomic E-state index is -4.51. The molecule has 0 bridgehead atoms. The maximum atomic E-state index is 12.9. The number of esters is 1.